The van der Waals surface area contributed by atoms with Crippen LogP contribution in [-0.4, -0.2) is 51.4 Å². The number of ether oxygens (including phenoxy) is 1. The van der Waals surface area contributed by atoms with Gasteiger partial charge in [-0.25, -0.2) is 4.79 Å². The fourth-order valence-electron chi connectivity index (χ4n) is 9.26. The number of carbonyl (C=O) groups excluding carboxylic acids is 1. The van der Waals surface area contributed by atoms with Crippen LogP contribution in [0.1, 0.15) is 70.3 Å². The van der Waals surface area contributed by atoms with Crippen molar-refractivity contribution in [2.45, 2.75) is 88.6 Å². The Morgan fingerprint density at radius 1 is 1.03 bits per heavy atom. The molecule has 1 aliphatic heterocycles. The third kappa shape index (κ3) is 3.40. The lowest BCUT2D eigenvalue weighted by Gasteiger charge is -2.65. The van der Waals surface area contributed by atoms with E-state index in [1.54, 1.807) is 6.08 Å². The molecule has 0 bridgehead atoms. The number of cyclic esters (lactones) is 1. The number of carbonyl (C=O) groups is 1. The van der Waals surface area contributed by atoms with Crippen LogP contribution < -0.4 is 0 Å². The molecule has 0 spiro atoms. The maximum Gasteiger partial charge on any atom is 0.331 e. The van der Waals surface area contributed by atoms with E-state index >= 15 is 0 Å². The Balaban J connectivity index is 1.35. The minimum Gasteiger partial charge on any atom is -0.458 e. The summed E-state index contributed by atoms with van der Waals surface area (Å²) < 4.78 is 5.25. The summed E-state index contributed by atoms with van der Waals surface area (Å²) in [6.45, 7) is 3.12. The van der Waals surface area contributed by atoms with Gasteiger partial charge in [0.1, 0.15) is 6.61 Å². The van der Waals surface area contributed by atoms with E-state index in [-0.39, 0.29) is 29.1 Å². The van der Waals surface area contributed by atoms with Crippen LogP contribution in [0.5, 0.6) is 0 Å². The van der Waals surface area contributed by atoms with Crippen molar-refractivity contribution in [3.05, 3.63) is 47.5 Å². The van der Waals surface area contributed by atoms with Crippen molar-refractivity contribution in [2.24, 2.45) is 33.6 Å². The molecule has 1 aromatic rings. The van der Waals surface area contributed by atoms with E-state index < -0.39 is 22.7 Å². The number of hydrogen-bond acceptors (Lipinski definition) is 6. The molecular weight excluding hydrogens is 454 g/mol. The Hall–Kier alpha value is -2.02. The Kier molecular flexibility index (Phi) is 5.75. The summed E-state index contributed by atoms with van der Waals surface area (Å²) in [6.07, 6.45) is 9.51. The molecule has 0 saturated heterocycles. The van der Waals surface area contributed by atoms with Crippen LogP contribution in [0.3, 0.4) is 0 Å². The smallest absolute Gasteiger partial charge is 0.331 e. The SMILES string of the molecule is C[C@]12CC[C@H]3C(CCC4(O)CC(O)CC[C@]34C=NCc3ccccc3)C1(O)CCC2C1=CC(=O)OC1. The van der Waals surface area contributed by atoms with E-state index in [0.29, 0.717) is 45.3 Å². The highest BCUT2D eigenvalue weighted by Gasteiger charge is 2.71. The predicted molar refractivity (Wildman–Crippen MR) is 136 cm³/mol. The zero-order chi connectivity index (χ0) is 25.2. The molecule has 1 heterocycles. The number of fused-ring (bicyclic) bond motifs is 5. The minimum absolute atomic E-state index is 0.0542. The van der Waals surface area contributed by atoms with Crippen molar-refractivity contribution in [3.63, 3.8) is 0 Å². The average molecular weight is 494 g/mol. The van der Waals surface area contributed by atoms with E-state index in [9.17, 15) is 20.1 Å². The Bertz CT molecular complexity index is 1090. The second kappa shape index (κ2) is 8.50. The molecule has 4 saturated carbocycles. The molecule has 0 amide bonds. The summed E-state index contributed by atoms with van der Waals surface area (Å²) in [4.78, 5) is 16.7. The van der Waals surface area contributed by atoms with Crippen LogP contribution in [0.2, 0.25) is 0 Å². The van der Waals surface area contributed by atoms with Crippen LogP contribution in [0.15, 0.2) is 47.0 Å². The fourth-order valence-corrected chi connectivity index (χ4v) is 9.26. The summed E-state index contributed by atoms with van der Waals surface area (Å²) in [5.74, 6) is 0.0375. The Morgan fingerprint density at radius 2 is 1.81 bits per heavy atom. The number of rotatable bonds is 4. The first-order valence-electron chi connectivity index (χ1n) is 13.8. The number of aliphatic hydroxyl groups is 3. The van der Waals surface area contributed by atoms with Gasteiger partial charge in [0.05, 0.1) is 23.9 Å². The van der Waals surface area contributed by atoms with Gasteiger partial charge in [0, 0.05) is 29.5 Å². The summed E-state index contributed by atoms with van der Waals surface area (Å²) in [6, 6.07) is 10.2. The quantitative estimate of drug-likeness (QED) is 0.435. The van der Waals surface area contributed by atoms with Gasteiger partial charge in [-0.15, -0.1) is 0 Å². The number of aliphatic imine (C=N–C) groups is 1. The van der Waals surface area contributed by atoms with Crippen LogP contribution >= 0.6 is 0 Å². The lowest BCUT2D eigenvalue weighted by atomic mass is 9.41. The first-order valence-corrected chi connectivity index (χ1v) is 13.8. The van der Waals surface area contributed by atoms with Gasteiger partial charge in [0.15, 0.2) is 0 Å². The second-order valence-corrected chi connectivity index (χ2v) is 12.5. The predicted octanol–water partition coefficient (Wildman–Crippen LogP) is 3.97. The van der Waals surface area contributed by atoms with Crippen LogP contribution in [0.25, 0.3) is 0 Å². The molecule has 0 aromatic heterocycles. The highest BCUT2D eigenvalue weighted by Crippen LogP contribution is 2.70. The zero-order valence-corrected chi connectivity index (χ0v) is 21.2. The van der Waals surface area contributed by atoms with Gasteiger partial charge in [0.25, 0.3) is 0 Å². The largest absolute Gasteiger partial charge is 0.458 e. The van der Waals surface area contributed by atoms with Crippen molar-refractivity contribution in [2.75, 3.05) is 6.61 Å². The van der Waals surface area contributed by atoms with E-state index in [2.05, 4.69) is 19.1 Å². The van der Waals surface area contributed by atoms with Gasteiger partial charge in [-0.3, -0.25) is 4.99 Å². The molecule has 4 fully saturated rings. The molecule has 5 aliphatic rings. The van der Waals surface area contributed by atoms with Crippen LogP contribution in [0, 0.1) is 28.6 Å². The van der Waals surface area contributed by atoms with Gasteiger partial charge in [0.2, 0.25) is 0 Å². The number of nitrogens with zero attached hydrogens (tertiary/aromatic N) is 1. The maximum absolute atomic E-state index is 12.5. The normalized spacial score (nSPS) is 46.1. The van der Waals surface area contributed by atoms with Crippen molar-refractivity contribution in [1.29, 1.82) is 0 Å². The molecule has 4 aliphatic carbocycles. The third-order valence-electron chi connectivity index (χ3n) is 11.1. The molecular formula is C30H39NO5. The number of benzene rings is 1. The van der Waals surface area contributed by atoms with E-state index in [4.69, 9.17) is 9.73 Å². The van der Waals surface area contributed by atoms with Gasteiger partial charge in [-0.05, 0) is 80.3 Å². The standard InChI is InChI=1S/C30H39NO5/c1-27-11-8-24-25(30(27,35)14-10-23(27)21-15-26(33)36-18-21)9-13-29(34)16-22(32)7-12-28(24,29)19-31-17-20-5-3-2-4-6-20/h2-6,15,19,22-25,32,34-35H,7-14,16-18H2,1H3/t22?,23?,24-,25?,27+,28-,29?,30?/m0/s1. The number of aliphatic hydroxyl groups excluding tert-OH is 1. The highest BCUT2D eigenvalue weighted by atomic mass is 16.5. The molecule has 6 rings (SSSR count). The molecule has 1 aromatic carbocycles. The van der Waals surface area contributed by atoms with Gasteiger partial charge >= 0.3 is 5.97 Å². The van der Waals surface area contributed by atoms with E-state index in [1.807, 2.05) is 24.4 Å². The summed E-state index contributed by atoms with van der Waals surface area (Å²) in [5, 5.41) is 35.1. The summed E-state index contributed by atoms with van der Waals surface area (Å²) in [5.41, 5.74) is -0.575. The third-order valence-corrected chi connectivity index (χ3v) is 11.1. The molecule has 36 heavy (non-hydrogen) atoms. The topological polar surface area (TPSA) is 99.4 Å². The monoisotopic (exact) mass is 493 g/mol. The van der Waals surface area contributed by atoms with Gasteiger partial charge in [-0.1, -0.05) is 37.3 Å². The maximum atomic E-state index is 12.5. The second-order valence-electron chi connectivity index (χ2n) is 12.5. The molecule has 8 atom stereocenters. The summed E-state index contributed by atoms with van der Waals surface area (Å²) >= 11 is 0. The Morgan fingerprint density at radius 3 is 2.56 bits per heavy atom. The first-order chi connectivity index (χ1) is 17.2. The lowest BCUT2D eigenvalue weighted by molar-refractivity contribution is -0.237. The van der Waals surface area contributed by atoms with Crippen LogP contribution in [-0.2, 0) is 16.1 Å². The van der Waals surface area contributed by atoms with E-state index in [1.165, 1.54) is 0 Å². The molecule has 6 nitrogen and oxygen atoms in total. The number of hydrogen-bond donors (Lipinski definition) is 3. The molecule has 0 radical (unpaired) electrons. The van der Waals surface area contributed by atoms with Gasteiger partial charge in [-0.2, -0.15) is 0 Å². The molecule has 3 N–H and O–H groups in total. The van der Waals surface area contributed by atoms with Crippen molar-refractivity contribution < 1.29 is 24.9 Å². The number of esters is 1. The zero-order valence-electron chi connectivity index (χ0n) is 21.2. The molecule has 6 heteroatoms. The van der Waals surface area contributed by atoms with Crippen molar-refractivity contribution >= 4 is 12.2 Å². The molecule has 194 valence electrons. The van der Waals surface area contributed by atoms with Gasteiger partial charge < -0.3 is 20.1 Å². The lowest BCUT2D eigenvalue weighted by Crippen LogP contribution is -2.68. The fraction of sp³-hybridized carbons (Fsp3) is 0.667. The Labute approximate surface area is 213 Å². The highest BCUT2D eigenvalue weighted by molar-refractivity contribution is 5.85. The van der Waals surface area contributed by atoms with Crippen molar-refractivity contribution in [3.8, 4) is 0 Å². The first kappa shape index (κ1) is 24.3. The molecule has 5 unspecified atom stereocenters. The van der Waals surface area contributed by atoms with Crippen LogP contribution in [0.4, 0.5) is 0 Å². The van der Waals surface area contributed by atoms with E-state index in [0.717, 1.165) is 36.8 Å². The summed E-state index contributed by atoms with van der Waals surface area (Å²) in [7, 11) is 0. The average Bonchev–Trinajstić information content (AvgIpc) is 3.40. The minimum atomic E-state index is -1.01. The van der Waals surface area contributed by atoms with Crippen molar-refractivity contribution in [1.82, 2.24) is 0 Å².